The summed E-state index contributed by atoms with van der Waals surface area (Å²) >= 11 is 12.5. The molecule has 0 aliphatic rings. The minimum Gasteiger partial charge on any atom is -0.309 e. The number of hydrogen-bond donors (Lipinski definition) is 1. The van der Waals surface area contributed by atoms with Crippen molar-refractivity contribution in [2.45, 2.75) is 6.04 Å². The smallest absolute Gasteiger partial charge is 0.0705 e. The number of rotatable bonds is 3. The maximum Gasteiger partial charge on any atom is 0.0705 e. The first-order chi connectivity index (χ1) is 10.2. The molecular formula is C17H14Cl2N2. The van der Waals surface area contributed by atoms with E-state index in [0.29, 0.717) is 10.0 Å². The number of nitrogens with one attached hydrogen (secondary N) is 1. The van der Waals surface area contributed by atoms with Crippen LogP contribution in [0.2, 0.25) is 10.0 Å². The lowest BCUT2D eigenvalue weighted by molar-refractivity contribution is 0.697. The van der Waals surface area contributed by atoms with Crippen molar-refractivity contribution in [3.63, 3.8) is 0 Å². The highest BCUT2D eigenvalue weighted by Gasteiger charge is 2.18. The first-order valence-electron chi connectivity index (χ1n) is 6.66. The summed E-state index contributed by atoms with van der Waals surface area (Å²) in [6, 6.07) is 15.6. The normalized spacial score (nSPS) is 12.5. The van der Waals surface area contributed by atoms with E-state index in [1.807, 2.05) is 37.4 Å². The highest BCUT2D eigenvalue weighted by Crippen LogP contribution is 2.33. The molecule has 1 N–H and O–H groups in total. The molecule has 2 nitrogen and oxygen atoms in total. The predicted octanol–water partition coefficient (Wildman–Crippen LogP) is 4.85. The molecule has 0 spiro atoms. The topological polar surface area (TPSA) is 24.9 Å². The van der Waals surface area contributed by atoms with Crippen LogP contribution >= 0.6 is 23.2 Å². The zero-order valence-corrected chi connectivity index (χ0v) is 13.0. The first-order valence-corrected chi connectivity index (χ1v) is 7.42. The monoisotopic (exact) mass is 316 g/mol. The van der Waals surface area contributed by atoms with Crippen LogP contribution in [0.15, 0.2) is 54.7 Å². The Hall–Kier alpha value is -1.61. The van der Waals surface area contributed by atoms with E-state index >= 15 is 0 Å². The molecule has 106 valence electrons. The zero-order chi connectivity index (χ0) is 14.8. The van der Waals surface area contributed by atoms with E-state index in [-0.39, 0.29) is 6.04 Å². The number of hydrogen-bond acceptors (Lipinski definition) is 2. The molecule has 1 heterocycles. The molecule has 0 saturated heterocycles. The summed E-state index contributed by atoms with van der Waals surface area (Å²) in [5.41, 5.74) is 3.06. The lowest BCUT2D eigenvalue weighted by atomic mass is 9.95. The molecule has 0 fully saturated rings. The van der Waals surface area contributed by atoms with Gasteiger partial charge in [0.05, 0.1) is 11.6 Å². The molecule has 0 radical (unpaired) electrons. The third-order valence-corrected chi connectivity index (χ3v) is 4.13. The van der Waals surface area contributed by atoms with Gasteiger partial charge in [-0.15, -0.1) is 0 Å². The van der Waals surface area contributed by atoms with E-state index in [4.69, 9.17) is 23.2 Å². The average Bonchev–Trinajstić information content (AvgIpc) is 2.51. The van der Waals surface area contributed by atoms with Crippen LogP contribution in [0.3, 0.4) is 0 Å². The number of nitrogens with zero attached hydrogens (tertiary/aromatic N) is 1. The highest BCUT2D eigenvalue weighted by molar-refractivity contribution is 6.33. The number of benzene rings is 2. The van der Waals surface area contributed by atoms with E-state index in [0.717, 1.165) is 22.0 Å². The van der Waals surface area contributed by atoms with Crippen molar-refractivity contribution >= 4 is 34.1 Å². The van der Waals surface area contributed by atoms with Crippen LogP contribution in [-0.4, -0.2) is 12.0 Å². The van der Waals surface area contributed by atoms with Crippen LogP contribution in [0.25, 0.3) is 10.9 Å². The Labute approximate surface area is 133 Å². The van der Waals surface area contributed by atoms with E-state index < -0.39 is 0 Å². The Morgan fingerprint density at radius 2 is 1.86 bits per heavy atom. The van der Waals surface area contributed by atoms with Crippen molar-refractivity contribution in [3.05, 3.63) is 75.9 Å². The molecule has 3 rings (SSSR count). The zero-order valence-electron chi connectivity index (χ0n) is 11.5. The Morgan fingerprint density at radius 3 is 2.67 bits per heavy atom. The molecule has 2 aromatic carbocycles. The standard InChI is InChI=1S/C17H14Cl2N2/c1-20-17(14-10-11(18)7-8-15(14)19)13-4-2-6-16-12(13)5-3-9-21-16/h2-10,17,20H,1H3. The quantitative estimate of drug-likeness (QED) is 0.747. The van der Waals surface area contributed by atoms with Crippen molar-refractivity contribution < 1.29 is 0 Å². The molecular weight excluding hydrogens is 303 g/mol. The highest BCUT2D eigenvalue weighted by atomic mass is 35.5. The van der Waals surface area contributed by atoms with Crippen molar-refractivity contribution in [1.29, 1.82) is 0 Å². The molecule has 0 amide bonds. The minimum atomic E-state index is -0.0379. The molecule has 4 heteroatoms. The number of halogens is 2. The maximum atomic E-state index is 6.36. The molecule has 0 bridgehead atoms. The number of fused-ring (bicyclic) bond motifs is 1. The van der Waals surface area contributed by atoms with Crippen LogP contribution in [-0.2, 0) is 0 Å². The van der Waals surface area contributed by atoms with E-state index in [2.05, 4.69) is 22.4 Å². The lowest BCUT2D eigenvalue weighted by Crippen LogP contribution is -2.18. The van der Waals surface area contributed by atoms with Gasteiger partial charge in [0.2, 0.25) is 0 Å². The largest absolute Gasteiger partial charge is 0.309 e. The van der Waals surface area contributed by atoms with Gasteiger partial charge in [-0.3, -0.25) is 4.98 Å². The average molecular weight is 317 g/mol. The van der Waals surface area contributed by atoms with Gasteiger partial charge in [0.1, 0.15) is 0 Å². The number of pyridine rings is 1. The van der Waals surface area contributed by atoms with Crippen LogP contribution in [0.5, 0.6) is 0 Å². The van der Waals surface area contributed by atoms with Crippen LogP contribution in [0, 0.1) is 0 Å². The van der Waals surface area contributed by atoms with Crippen LogP contribution < -0.4 is 5.32 Å². The summed E-state index contributed by atoms with van der Waals surface area (Å²) in [5, 5.41) is 5.80. The lowest BCUT2D eigenvalue weighted by Gasteiger charge is -2.20. The Morgan fingerprint density at radius 1 is 1.00 bits per heavy atom. The van der Waals surface area contributed by atoms with Gasteiger partial charge < -0.3 is 5.32 Å². The first kappa shape index (κ1) is 14.3. The van der Waals surface area contributed by atoms with Crippen molar-refractivity contribution in [3.8, 4) is 0 Å². The minimum absolute atomic E-state index is 0.0379. The summed E-state index contributed by atoms with van der Waals surface area (Å²) in [5.74, 6) is 0. The third kappa shape index (κ3) is 2.75. The fourth-order valence-corrected chi connectivity index (χ4v) is 3.00. The van der Waals surface area contributed by atoms with Gasteiger partial charge >= 0.3 is 0 Å². The Kier molecular flexibility index (Phi) is 4.11. The molecule has 21 heavy (non-hydrogen) atoms. The molecule has 1 aromatic heterocycles. The molecule has 0 aliphatic heterocycles. The summed E-state index contributed by atoms with van der Waals surface area (Å²) < 4.78 is 0. The molecule has 0 saturated carbocycles. The molecule has 1 unspecified atom stereocenters. The van der Waals surface area contributed by atoms with Crippen molar-refractivity contribution in [2.75, 3.05) is 7.05 Å². The fourth-order valence-electron chi connectivity index (χ4n) is 2.59. The molecule has 1 atom stereocenters. The molecule has 0 aliphatic carbocycles. The summed E-state index contributed by atoms with van der Waals surface area (Å²) in [4.78, 5) is 4.41. The van der Waals surface area contributed by atoms with E-state index in [1.165, 1.54) is 0 Å². The molecule has 3 aromatic rings. The van der Waals surface area contributed by atoms with Gasteiger partial charge in [-0.05, 0) is 48.5 Å². The summed E-state index contributed by atoms with van der Waals surface area (Å²) in [7, 11) is 1.91. The maximum absolute atomic E-state index is 6.36. The van der Waals surface area contributed by atoms with E-state index in [1.54, 1.807) is 12.3 Å². The second-order valence-electron chi connectivity index (χ2n) is 4.80. The van der Waals surface area contributed by atoms with Gasteiger partial charge in [0.15, 0.2) is 0 Å². The van der Waals surface area contributed by atoms with Crippen molar-refractivity contribution in [2.24, 2.45) is 0 Å². The van der Waals surface area contributed by atoms with Gasteiger partial charge in [-0.25, -0.2) is 0 Å². The summed E-state index contributed by atoms with van der Waals surface area (Å²) in [6.07, 6.45) is 1.80. The van der Waals surface area contributed by atoms with Crippen LogP contribution in [0.1, 0.15) is 17.2 Å². The van der Waals surface area contributed by atoms with Crippen molar-refractivity contribution in [1.82, 2.24) is 10.3 Å². The van der Waals surface area contributed by atoms with E-state index in [9.17, 15) is 0 Å². The number of aromatic nitrogens is 1. The predicted molar refractivity (Wildman–Crippen MR) is 89.1 cm³/mol. The fraction of sp³-hybridized carbons (Fsp3) is 0.118. The SMILES string of the molecule is CNC(c1cc(Cl)ccc1Cl)c1cccc2ncccc12. The second-order valence-corrected chi connectivity index (χ2v) is 5.65. The van der Waals surface area contributed by atoms with Gasteiger partial charge in [0, 0.05) is 21.6 Å². The summed E-state index contributed by atoms with van der Waals surface area (Å²) in [6.45, 7) is 0. The second kappa shape index (κ2) is 6.02. The third-order valence-electron chi connectivity index (χ3n) is 3.55. The van der Waals surface area contributed by atoms with Gasteiger partial charge in [-0.1, -0.05) is 41.4 Å². The Bertz CT molecular complexity index is 781. The van der Waals surface area contributed by atoms with Crippen LogP contribution in [0.4, 0.5) is 0 Å². The van der Waals surface area contributed by atoms with Gasteiger partial charge in [-0.2, -0.15) is 0 Å². The van der Waals surface area contributed by atoms with Gasteiger partial charge in [0.25, 0.3) is 0 Å². The Balaban J connectivity index is 2.21.